The lowest BCUT2D eigenvalue weighted by atomic mass is 10.0. The monoisotopic (exact) mass is 372 g/mol. The molecule has 1 aliphatic heterocycles. The van der Waals surface area contributed by atoms with Gasteiger partial charge in [0, 0.05) is 18.8 Å². The predicted molar refractivity (Wildman–Crippen MR) is 105 cm³/mol. The van der Waals surface area contributed by atoms with Crippen LogP contribution in [0.15, 0.2) is 30.3 Å². The fourth-order valence-corrected chi connectivity index (χ4v) is 3.72. The summed E-state index contributed by atoms with van der Waals surface area (Å²) in [5, 5.41) is 3.11. The number of piperidine rings is 1. The van der Waals surface area contributed by atoms with Crippen molar-refractivity contribution in [1.82, 2.24) is 19.9 Å². The van der Waals surface area contributed by atoms with E-state index in [1.807, 2.05) is 35.2 Å². The molecule has 1 aromatic heterocycles. The lowest BCUT2D eigenvalue weighted by Crippen LogP contribution is -2.40. The molecule has 0 bridgehead atoms. The second-order valence-corrected chi connectivity index (χ2v) is 7.49. The molecule has 8 heteroatoms. The number of nitrogens with zero attached hydrogens (tertiary/aromatic N) is 4. The summed E-state index contributed by atoms with van der Waals surface area (Å²) in [6.45, 7) is 3.93. The van der Waals surface area contributed by atoms with Crippen molar-refractivity contribution in [3.05, 3.63) is 36.2 Å². The number of nitrogen functional groups attached to an aromatic ring is 1. The number of anilines is 3. The van der Waals surface area contributed by atoms with E-state index in [9.17, 15) is 4.79 Å². The Bertz CT molecular complexity index is 742. The van der Waals surface area contributed by atoms with Crippen LogP contribution in [-0.4, -0.2) is 44.6 Å². The molecular formula is C18H24N6OS. The Morgan fingerprint density at radius 3 is 2.88 bits per heavy atom. The average molecular weight is 372 g/mol. The first-order valence-electron chi connectivity index (χ1n) is 8.78. The number of likely N-dealkylation sites (tertiary alicyclic amines) is 1. The van der Waals surface area contributed by atoms with Crippen molar-refractivity contribution >= 4 is 35.3 Å². The molecule has 2 heterocycles. The number of aromatic nitrogens is 3. The number of hydrogen-bond acceptors (Lipinski definition) is 7. The molecule has 0 unspecified atom stereocenters. The summed E-state index contributed by atoms with van der Waals surface area (Å²) < 4.78 is 0. The number of carbonyl (C=O) groups is 1. The van der Waals surface area contributed by atoms with Gasteiger partial charge in [0.2, 0.25) is 17.8 Å². The summed E-state index contributed by atoms with van der Waals surface area (Å²) in [6.07, 6.45) is 2.30. The molecule has 3 N–H and O–H groups in total. The second kappa shape index (κ2) is 8.84. The maximum atomic E-state index is 12.3. The van der Waals surface area contributed by atoms with Gasteiger partial charge in [-0.2, -0.15) is 15.0 Å². The minimum atomic E-state index is 0.171. The zero-order valence-corrected chi connectivity index (χ0v) is 15.7. The van der Waals surface area contributed by atoms with Crippen molar-refractivity contribution < 1.29 is 4.79 Å². The molecule has 0 aliphatic carbocycles. The maximum absolute atomic E-state index is 12.3. The highest BCUT2D eigenvalue weighted by Crippen LogP contribution is 2.18. The van der Waals surface area contributed by atoms with Crippen LogP contribution in [0.25, 0.3) is 0 Å². The number of carbonyl (C=O) groups excluding carboxylic acids is 1. The van der Waals surface area contributed by atoms with Crippen LogP contribution in [0.5, 0.6) is 0 Å². The molecule has 1 aliphatic rings. The van der Waals surface area contributed by atoms with Gasteiger partial charge in [0.15, 0.2) is 0 Å². The zero-order valence-electron chi connectivity index (χ0n) is 14.9. The van der Waals surface area contributed by atoms with Crippen molar-refractivity contribution in [1.29, 1.82) is 0 Å². The molecule has 26 heavy (non-hydrogen) atoms. The highest BCUT2D eigenvalue weighted by molar-refractivity contribution is 7.99. The SMILES string of the molecule is C[C@H]1CCCN(C(=O)CSCc2nc(N)nc(Nc3ccccc3)n2)C1. The number of para-hydroxylation sites is 1. The normalized spacial score (nSPS) is 17.1. The van der Waals surface area contributed by atoms with Crippen LogP contribution in [0.3, 0.4) is 0 Å². The lowest BCUT2D eigenvalue weighted by molar-refractivity contribution is -0.130. The van der Waals surface area contributed by atoms with Crippen LogP contribution < -0.4 is 11.1 Å². The fraction of sp³-hybridized carbons (Fsp3) is 0.444. The molecule has 1 saturated heterocycles. The van der Waals surface area contributed by atoms with Gasteiger partial charge < -0.3 is 16.0 Å². The first-order valence-corrected chi connectivity index (χ1v) is 9.93. The van der Waals surface area contributed by atoms with Crippen molar-refractivity contribution in [2.45, 2.75) is 25.5 Å². The third-order valence-electron chi connectivity index (χ3n) is 4.20. The Hall–Kier alpha value is -2.35. The third-order valence-corrected chi connectivity index (χ3v) is 5.11. The molecule has 1 fully saturated rings. The molecule has 0 saturated carbocycles. The molecule has 1 amide bonds. The van der Waals surface area contributed by atoms with E-state index in [0.717, 1.165) is 25.2 Å². The molecule has 0 spiro atoms. The van der Waals surface area contributed by atoms with Gasteiger partial charge >= 0.3 is 0 Å². The van der Waals surface area contributed by atoms with Gasteiger partial charge in [-0.25, -0.2) is 0 Å². The molecule has 1 aromatic carbocycles. The van der Waals surface area contributed by atoms with E-state index in [-0.39, 0.29) is 11.9 Å². The highest BCUT2D eigenvalue weighted by atomic mass is 32.2. The number of rotatable bonds is 6. The molecule has 7 nitrogen and oxygen atoms in total. The largest absolute Gasteiger partial charge is 0.368 e. The topological polar surface area (TPSA) is 97.0 Å². The van der Waals surface area contributed by atoms with E-state index in [4.69, 9.17) is 5.73 Å². The lowest BCUT2D eigenvalue weighted by Gasteiger charge is -2.30. The summed E-state index contributed by atoms with van der Waals surface area (Å²) in [7, 11) is 0. The van der Waals surface area contributed by atoms with Crippen LogP contribution in [0, 0.1) is 5.92 Å². The van der Waals surface area contributed by atoms with Crippen molar-refractivity contribution in [3.8, 4) is 0 Å². The van der Waals surface area contributed by atoms with Gasteiger partial charge in [-0.05, 0) is 30.9 Å². The Labute approximate surface area is 157 Å². The fourth-order valence-electron chi connectivity index (χ4n) is 2.95. The Kier molecular flexibility index (Phi) is 6.27. The number of thioether (sulfide) groups is 1. The van der Waals surface area contributed by atoms with Crippen LogP contribution in [0.4, 0.5) is 17.6 Å². The first-order chi connectivity index (χ1) is 12.6. The molecule has 138 valence electrons. The quantitative estimate of drug-likeness (QED) is 0.804. The standard InChI is InChI=1S/C18H24N6OS/c1-13-6-5-9-24(10-13)16(25)12-26-11-15-21-17(19)23-18(22-15)20-14-7-3-2-4-8-14/h2-4,7-8,13H,5-6,9-12H2,1H3,(H3,19,20,21,22,23)/t13-/m0/s1. The highest BCUT2D eigenvalue weighted by Gasteiger charge is 2.20. The van der Waals surface area contributed by atoms with Gasteiger partial charge in [0.05, 0.1) is 11.5 Å². The van der Waals surface area contributed by atoms with Crippen LogP contribution in [0.2, 0.25) is 0 Å². The summed E-state index contributed by atoms with van der Waals surface area (Å²) in [5.74, 6) is 2.88. The van der Waals surface area contributed by atoms with E-state index >= 15 is 0 Å². The summed E-state index contributed by atoms with van der Waals surface area (Å²) >= 11 is 1.51. The number of hydrogen-bond donors (Lipinski definition) is 2. The molecule has 3 rings (SSSR count). The predicted octanol–water partition coefficient (Wildman–Crippen LogP) is 2.69. The number of benzene rings is 1. The van der Waals surface area contributed by atoms with Crippen molar-refractivity contribution in [2.24, 2.45) is 5.92 Å². The summed E-state index contributed by atoms with van der Waals surface area (Å²) in [5.41, 5.74) is 6.67. The number of nitrogens with two attached hydrogens (primary N) is 1. The van der Waals surface area contributed by atoms with Gasteiger partial charge in [-0.3, -0.25) is 4.79 Å². The van der Waals surface area contributed by atoms with E-state index in [2.05, 4.69) is 27.2 Å². The Balaban J connectivity index is 1.53. The van der Waals surface area contributed by atoms with E-state index in [1.165, 1.54) is 18.2 Å². The molecule has 2 aromatic rings. The van der Waals surface area contributed by atoms with Gasteiger partial charge in [-0.1, -0.05) is 25.1 Å². The minimum absolute atomic E-state index is 0.171. The Morgan fingerprint density at radius 1 is 1.31 bits per heavy atom. The summed E-state index contributed by atoms with van der Waals surface area (Å²) in [6, 6.07) is 9.64. The van der Waals surface area contributed by atoms with Crippen molar-refractivity contribution in [3.63, 3.8) is 0 Å². The van der Waals surface area contributed by atoms with Crippen LogP contribution >= 0.6 is 11.8 Å². The maximum Gasteiger partial charge on any atom is 0.232 e. The smallest absolute Gasteiger partial charge is 0.232 e. The summed E-state index contributed by atoms with van der Waals surface area (Å²) in [4.78, 5) is 27.0. The zero-order chi connectivity index (χ0) is 18.4. The molecular weight excluding hydrogens is 348 g/mol. The first kappa shape index (κ1) is 18.4. The van der Waals surface area contributed by atoms with Crippen LogP contribution in [0.1, 0.15) is 25.6 Å². The molecule has 0 radical (unpaired) electrons. The van der Waals surface area contributed by atoms with Gasteiger partial charge in [0.25, 0.3) is 0 Å². The van der Waals surface area contributed by atoms with Crippen molar-refractivity contribution in [2.75, 3.05) is 29.9 Å². The average Bonchev–Trinajstić information content (AvgIpc) is 2.62. The minimum Gasteiger partial charge on any atom is -0.368 e. The Morgan fingerprint density at radius 2 is 2.12 bits per heavy atom. The van der Waals surface area contributed by atoms with Gasteiger partial charge in [0.1, 0.15) is 5.82 Å². The number of amides is 1. The van der Waals surface area contributed by atoms with Crippen LogP contribution in [-0.2, 0) is 10.5 Å². The van der Waals surface area contributed by atoms with E-state index in [1.54, 1.807) is 0 Å². The number of nitrogens with one attached hydrogen (secondary N) is 1. The van der Waals surface area contributed by atoms with E-state index < -0.39 is 0 Å². The second-order valence-electron chi connectivity index (χ2n) is 6.50. The van der Waals surface area contributed by atoms with Gasteiger partial charge in [-0.15, -0.1) is 11.8 Å². The molecule has 1 atom stereocenters. The van der Waals surface area contributed by atoms with E-state index in [0.29, 0.717) is 29.2 Å². The third kappa shape index (κ3) is 5.32.